The fraction of sp³-hybridized carbons (Fsp3) is 0.867. The zero-order valence-corrected chi connectivity index (χ0v) is 10.4. The minimum atomic E-state index is 0.740. The van der Waals surface area contributed by atoms with Crippen LogP contribution in [0.3, 0.4) is 0 Å². The monoisotopic (exact) mass is 204 g/mol. The maximum atomic E-state index is 4.32. The van der Waals surface area contributed by atoms with Crippen LogP contribution in [-0.4, -0.2) is 0 Å². The highest BCUT2D eigenvalue weighted by Gasteiger charge is 2.73. The number of hydrogen-bond donors (Lipinski definition) is 0. The molecule has 84 valence electrons. The van der Waals surface area contributed by atoms with Gasteiger partial charge in [-0.25, -0.2) is 0 Å². The van der Waals surface area contributed by atoms with Crippen molar-refractivity contribution in [2.45, 2.75) is 46.5 Å². The van der Waals surface area contributed by atoms with Crippen molar-refractivity contribution >= 4 is 0 Å². The van der Waals surface area contributed by atoms with E-state index in [0.717, 1.165) is 35.0 Å². The van der Waals surface area contributed by atoms with Crippen molar-refractivity contribution in [3.8, 4) is 0 Å². The Bertz CT molecular complexity index is 301. The van der Waals surface area contributed by atoms with E-state index < -0.39 is 0 Å². The summed E-state index contributed by atoms with van der Waals surface area (Å²) in [6.07, 6.45) is 5.75. The van der Waals surface area contributed by atoms with Crippen LogP contribution in [0, 0.1) is 35.0 Å². The summed E-state index contributed by atoms with van der Waals surface area (Å²) in [5, 5.41) is 0. The molecule has 0 radical (unpaired) electrons. The lowest BCUT2D eigenvalue weighted by Gasteiger charge is -2.35. The predicted octanol–water partition coefficient (Wildman–Crippen LogP) is 4.27. The van der Waals surface area contributed by atoms with Crippen LogP contribution in [0.25, 0.3) is 0 Å². The molecule has 0 aromatic carbocycles. The third-order valence-corrected chi connectivity index (χ3v) is 5.94. The molecule has 0 amide bonds. The van der Waals surface area contributed by atoms with Gasteiger partial charge in [0.15, 0.2) is 0 Å². The molecule has 15 heavy (non-hydrogen) atoms. The van der Waals surface area contributed by atoms with Gasteiger partial charge in [-0.05, 0) is 60.7 Å². The van der Waals surface area contributed by atoms with Gasteiger partial charge in [-0.1, -0.05) is 32.9 Å². The number of allylic oxidation sites excluding steroid dienone is 1. The number of fused-ring (bicyclic) bond motifs is 1. The largest absolute Gasteiger partial charge is 0.0995 e. The van der Waals surface area contributed by atoms with Crippen molar-refractivity contribution in [3.63, 3.8) is 0 Å². The topological polar surface area (TPSA) is 0 Å². The summed E-state index contributed by atoms with van der Waals surface area (Å²) in [7, 11) is 0. The van der Waals surface area contributed by atoms with Gasteiger partial charge in [0, 0.05) is 0 Å². The first-order valence-corrected chi connectivity index (χ1v) is 6.76. The van der Waals surface area contributed by atoms with E-state index in [0.29, 0.717) is 0 Å². The minimum absolute atomic E-state index is 0.740. The van der Waals surface area contributed by atoms with Crippen LogP contribution in [0.5, 0.6) is 0 Å². The Labute approximate surface area is 94.1 Å². The van der Waals surface area contributed by atoms with Crippen LogP contribution in [0.1, 0.15) is 46.5 Å². The number of rotatable bonds is 1. The smallest absolute Gasteiger partial charge is 0.0107 e. The molecule has 0 N–H and O–H groups in total. The molecule has 3 saturated carbocycles. The van der Waals surface area contributed by atoms with Crippen LogP contribution in [0.2, 0.25) is 0 Å². The summed E-state index contributed by atoms with van der Waals surface area (Å²) in [5.41, 5.74) is 2.34. The Hall–Kier alpha value is -0.260. The highest BCUT2D eigenvalue weighted by Crippen LogP contribution is 2.79. The lowest BCUT2D eigenvalue weighted by molar-refractivity contribution is 0.142. The Morgan fingerprint density at radius 1 is 1.33 bits per heavy atom. The highest BCUT2D eigenvalue weighted by molar-refractivity contribution is 5.33. The zero-order chi connectivity index (χ0) is 10.8. The van der Waals surface area contributed by atoms with Crippen molar-refractivity contribution in [1.82, 2.24) is 0 Å². The second kappa shape index (κ2) is 2.90. The lowest BCUT2D eigenvalue weighted by Crippen LogP contribution is -2.27. The van der Waals surface area contributed by atoms with Crippen LogP contribution in [0.15, 0.2) is 12.2 Å². The minimum Gasteiger partial charge on any atom is -0.0995 e. The average molecular weight is 204 g/mol. The molecular weight excluding hydrogens is 180 g/mol. The summed E-state index contributed by atoms with van der Waals surface area (Å²) < 4.78 is 0. The summed E-state index contributed by atoms with van der Waals surface area (Å²) in [6, 6.07) is 0. The summed E-state index contributed by atoms with van der Waals surface area (Å²) in [6.45, 7) is 11.7. The Morgan fingerprint density at radius 3 is 2.73 bits per heavy atom. The van der Waals surface area contributed by atoms with Gasteiger partial charge < -0.3 is 0 Å². The molecule has 0 nitrogen and oxygen atoms in total. The van der Waals surface area contributed by atoms with E-state index in [1.165, 1.54) is 25.7 Å². The Kier molecular flexibility index (Phi) is 1.92. The lowest BCUT2D eigenvalue weighted by atomic mass is 9.70. The molecule has 1 spiro atoms. The normalized spacial score (nSPS) is 52.9. The van der Waals surface area contributed by atoms with E-state index in [2.05, 4.69) is 27.4 Å². The zero-order valence-electron chi connectivity index (χ0n) is 10.4. The Morgan fingerprint density at radius 2 is 2.07 bits per heavy atom. The van der Waals surface area contributed by atoms with Crippen molar-refractivity contribution in [3.05, 3.63) is 12.2 Å². The fourth-order valence-corrected chi connectivity index (χ4v) is 5.14. The third-order valence-electron chi connectivity index (χ3n) is 5.94. The van der Waals surface area contributed by atoms with E-state index in [-0.39, 0.29) is 0 Å². The van der Waals surface area contributed by atoms with E-state index >= 15 is 0 Å². The van der Waals surface area contributed by atoms with Crippen molar-refractivity contribution < 1.29 is 0 Å². The molecule has 5 atom stereocenters. The molecule has 0 aromatic rings. The molecule has 3 fully saturated rings. The molecule has 3 rings (SSSR count). The van der Waals surface area contributed by atoms with Crippen LogP contribution >= 0.6 is 0 Å². The summed E-state index contributed by atoms with van der Waals surface area (Å²) in [5.74, 6) is 4.83. The van der Waals surface area contributed by atoms with E-state index in [1.54, 1.807) is 5.57 Å². The summed E-state index contributed by atoms with van der Waals surface area (Å²) in [4.78, 5) is 0. The SMILES string of the molecule is C=C1CCC23[C@@H]([C@@H]12)[C@H](C(C)C)CC[C@H]3C. The maximum Gasteiger partial charge on any atom is -0.0107 e. The molecule has 0 heteroatoms. The van der Waals surface area contributed by atoms with Gasteiger partial charge in [-0.3, -0.25) is 0 Å². The van der Waals surface area contributed by atoms with Crippen LogP contribution in [-0.2, 0) is 0 Å². The molecule has 3 aliphatic rings. The van der Waals surface area contributed by atoms with Gasteiger partial charge >= 0.3 is 0 Å². The summed E-state index contributed by atoms with van der Waals surface area (Å²) >= 11 is 0. The van der Waals surface area contributed by atoms with Crippen LogP contribution < -0.4 is 0 Å². The van der Waals surface area contributed by atoms with Gasteiger partial charge in [0.05, 0.1) is 0 Å². The first kappa shape index (κ1) is 9.93. The van der Waals surface area contributed by atoms with Crippen molar-refractivity contribution in [2.75, 3.05) is 0 Å². The number of hydrogen-bond acceptors (Lipinski definition) is 0. The van der Waals surface area contributed by atoms with Gasteiger partial charge in [-0.2, -0.15) is 0 Å². The second-order valence-corrected chi connectivity index (χ2v) is 6.66. The quantitative estimate of drug-likeness (QED) is 0.559. The molecule has 3 aliphatic carbocycles. The molecule has 0 saturated heterocycles. The van der Waals surface area contributed by atoms with Gasteiger partial charge in [0.2, 0.25) is 0 Å². The molecule has 0 bridgehead atoms. The van der Waals surface area contributed by atoms with Gasteiger partial charge in [0.1, 0.15) is 0 Å². The fourth-order valence-electron chi connectivity index (χ4n) is 5.14. The highest BCUT2D eigenvalue weighted by atomic mass is 14.8. The third kappa shape index (κ3) is 1.04. The van der Waals surface area contributed by atoms with Crippen molar-refractivity contribution in [1.29, 1.82) is 0 Å². The Balaban J connectivity index is 1.91. The molecule has 0 aliphatic heterocycles. The molecule has 0 heterocycles. The molecule has 1 unspecified atom stereocenters. The molecule has 0 aromatic heterocycles. The van der Waals surface area contributed by atoms with Crippen LogP contribution in [0.4, 0.5) is 0 Å². The predicted molar refractivity (Wildman–Crippen MR) is 64.5 cm³/mol. The first-order valence-electron chi connectivity index (χ1n) is 6.76. The van der Waals surface area contributed by atoms with E-state index in [1.807, 2.05) is 0 Å². The second-order valence-electron chi connectivity index (χ2n) is 6.66. The molecular formula is C15H24. The first-order chi connectivity index (χ1) is 7.09. The van der Waals surface area contributed by atoms with Gasteiger partial charge in [0.25, 0.3) is 0 Å². The standard InChI is InChI=1S/C15H24/c1-9(2)12-6-5-11(4)15-8-7-10(3)13(15)14(12)15/h9,11-14H,3,5-8H2,1-2,4H3/t11-,12+,13-,14-,15?/m1/s1. The van der Waals surface area contributed by atoms with Gasteiger partial charge in [-0.15, -0.1) is 0 Å². The van der Waals surface area contributed by atoms with E-state index in [4.69, 9.17) is 0 Å². The maximum absolute atomic E-state index is 4.32. The van der Waals surface area contributed by atoms with E-state index in [9.17, 15) is 0 Å². The average Bonchev–Trinajstić information content (AvgIpc) is 2.75. The van der Waals surface area contributed by atoms with Crippen molar-refractivity contribution in [2.24, 2.45) is 35.0 Å².